The van der Waals surface area contributed by atoms with E-state index in [9.17, 15) is 18.0 Å². The van der Waals surface area contributed by atoms with Crippen LogP contribution < -0.4 is 10.9 Å². The van der Waals surface area contributed by atoms with Crippen molar-refractivity contribution in [1.82, 2.24) is 4.90 Å². The third-order valence-electron chi connectivity index (χ3n) is 3.25. The Labute approximate surface area is 108 Å². The normalized spacial score (nSPS) is 38.2. The van der Waals surface area contributed by atoms with Gasteiger partial charge in [-0.2, -0.15) is 0 Å². The monoisotopic (exact) mass is 295 g/mol. The quantitative estimate of drug-likeness (QED) is 0.503. The fraction of sp³-hybridized carbons (Fsp3) is 0.750. The molecular weight excluding hydrogens is 282 g/mol. The smallest absolute Gasteiger partial charge is 0.327 e. The Bertz CT molecular complexity index is 545. The number of carboxylic acids is 1. The Hall–Kier alpha value is -0.840. The highest BCUT2D eigenvalue weighted by molar-refractivity contribution is 8.03. The summed E-state index contributed by atoms with van der Waals surface area (Å²) < 4.78 is 22.0. The van der Waals surface area contributed by atoms with Crippen molar-refractivity contribution in [1.29, 1.82) is 0 Å². The van der Waals surface area contributed by atoms with Gasteiger partial charge in [0.2, 0.25) is 14.9 Å². The molecule has 0 spiro atoms. The molecule has 3 atom stereocenters. The van der Waals surface area contributed by atoms with Crippen LogP contribution in [0.15, 0.2) is 0 Å². The topological polar surface area (TPSA) is 144 Å². The van der Waals surface area contributed by atoms with Gasteiger partial charge in [-0.05, 0) is 13.8 Å². The SMILES string of the molecule is CC1(C)S[C@H]2N(C(=O)C2(N)S(N)(=O)=O)[C@H]1C(=O)O. The molecule has 0 aromatic carbocycles. The molecule has 0 bridgehead atoms. The third kappa shape index (κ3) is 1.37. The third-order valence-corrected chi connectivity index (χ3v) is 6.39. The molecule has 102 valence electrons. The highest BCUT2D eigenvalue weighted by atomic mass is 32.2. The fourth-order valence-corrected chi connectivity index (χ4v) is 5.13. The highest BCUT2D eigenvalue weighted by Crippen LogP contribution is 2.54. The Kier molecular flexibility index (Phi) is 2.55. The van der Waals surface area contributed by atoms with Gasteiger partial charge in [0.1, 0.15) is 11.4 Å². The molecule has 2 fully saturated rings. The van der Waals surface area contributed by atoms with E-state index < -0.39 is 42.9 Å². The number of sulfonamides is 1. The molecule has 0 aliphatic carbocycles. The van der Waals surface area contributed by atoms with Gasteiger partial charge < -0.3 is 15.7 Å². The molecule has 0 saturated carbocycles. The van der Waals surface area contributed by atoms with Gasteiger partial charge in [0.15, 0.2) is 0 Å². The molecular formula is C8H13N3O5S2. The van der Waals surface area contributed by atoms with Crippen LogP contribution in [0.3, 0.4) is 0 Å². The summed E-state index contributed by atoms with van der Waals surface area (Å²) in [5.74, 6) is -2.15. The molecule has 8 nitrogen and oxygen atoms in total. The van der Waals surface area contributed by atoms with Crippen LogP contribution in [0.25, 0.3) is 0 Å². The number of carbonyl (C=O) groups excluding carboxylic acids is 1. The molecule has 2 rings (SSSR count). The molecule has 0 aromatic heterocycles. The minimum Gasteiger partial charge on any atom is -0.480 e. The van der Waals surface area contributed by atoms with E-state index >= 15 is 0 Å². The first-order chi connectivity index (χ1) is 7.94. The van der Waals surface area contributed by atoms with Crippen molar-refractivity contribution in [2.75, 3.05) is 0 Å². The van der Waals surface area contributed by atoms with Crippen LogP contribution in [0.4, 0.5) is 0 Å². The van der Waals surface area contributed by atoms with Crippen LogP contribution in [-0.4, -0.2) is 51.3 Å². The molecule has 2 heterocycles. The largest absolute Gasteiger partial charge is 0.480 e. The van der Waals surface area contributed by atoms with Gasteiger partial charge in [0, 0.05) is 4.75 Å². The van der Waals surface area contributed by atoms with Gasteiger partial charge in [-0.25, -0.2) is 18.4 Å². The number of nitrogens with zero attached hydrogens (tertiary/aromatic N) is 1. The van der Waals surface area contributed by atoms with Crippen molar-refractivity contribution < 1.29 is 23.1 Å². The summed E-state index contributed by atoms with van der Waals surface area (Å²) >= 11 is 1.03. The van der Waals surface area contributed by atoms with Crippen molar-refractivity contribution in [3.63, 3.8) is 0 Å². The highest BCUT2D eigenvalue weighted by Gasteiger charge is 2.74. The number of thioether (sulfide) groups is 1. The number of amides is 1. The first-order valence-electron chi connectivity index (χ1n) is 4.99. The second-order valence-corrected chi connectivity index (χ2v) is 8.36. The average molecular weight is 295 g/mol. The van der Waals surface area contributed by atoms with E-state index in [4.69, 9.17) is 16.0 Å². The first-order valence-corrected chi connectivity index (χ1v) is 7.42. The van der Waals surface area contributed by atoms with E-state index in [1.807, 2.05) is 0 Å². The number of hydrogen-bond donors (Lipinski definition) is 3. The average Bonchev–Trinajstić information content (AvgIpc) is 2.45. The molecule has 2 aliphatic rings. The molecule has 0 aromatic rings. The van der Waals surface area contributed by atoms with E-state index in [0.717, 1.165) is 16.7 Å². The maximum absolute atomic E-state index is 11.9. The number of nitrogens with two attached hydrogens (primary N) is 2. The van der Waals surface area contributed by atoms with Crippen LogP contribution in [0.1, 0.15) is 13.8 Å². The Morgan fingerprint density at radius 2 is 2.00 bits per heavy atom. The lowest BCUT2D eigenvalue weighted by molar-refractivity contribution is -0.161. The molecule has 1 unspecified atom stereocenters. The number of carboxylic acid groups (broad SMARTS) is 1. The maximum atomic E-state index is 11.9. The van der Waals surface area contributed by atoms with Gasteiger partial charge >= 0.3 is 5.97 Å². The summed E-state index contributed by atoms with van der Waals surface area (Å²) in [6.45, 7) is 3.23. The Morgan fingerprint density at radius 3 is 2.39 bits per heavy atom. The molecule has 1 amide bonds. The summed E-state index contributed by atoms with van der Waals surface area (Å²) in [7, 11) is -4.30. The number of primary sulfonamides is 1. The standard InChI is InChI=1S/C8H13N3O5S2/c1-7(2)3(4(12)13)11-5(14)8(9,6(11)17-7)18(10,15)16/h3,6H,9H2,1-2H3,(H,12,13)(H2,10,15,16)/t3-,6+,8?/m0/s1. The van der Waals surface area contributed by atoms with E-state index in [2.05, 4.69) is 0 Å². The number of hydrogen-bond acceptors (Lipinski definition) is 6. The number of aliphatic carboxylic acids is 1. The van der Waals surface area contributed by atoms with Crippen LogP contribution >= 0.6 is 11.8 Å². The fourth-order valence-electron chi connectivity index (χ4n) is 2.32. The lowest BCUT2D eigenvalue weighted by Crippen LogP contribution is -2.81. The number of rotatable bonds is 2. The second-order valence-electron chi connectivity index (χ2n) is 4.86. The predicted octanol–water partition coefficient (Wildman–Crippen LogP) is -1.92. The van der Waals surface area contributed by atoms with Crippen molar-refractivity contribution >= 4 is 33.7 Å². The molecule has 2 saturated heterocycles. The Morgan fingerprint density at radius 1 is 1.50 bits per heavy atom. The molecule has 2 aliphatic heterocycles. The van der Waals surface area contributed by atoms with Crippen LogP contribution in [0.5, 0.6) is 0 Å². The van der Waals surface area contributed by atoms with Gasteiger partial charge in [0.05, 0.1) is 0 Å². The zero-order valence-electron chi connectivity index (χ0n) is 9.65. The van der Waals surface area contributed by atoms with Gasteiger partial charge in [-0.15, -0.1) is 11.8 Å². The van der Waals surface area contributed by atoms with Gasteiger partial charge in [-0.1, -0.05) is 0 Å². The lowest BCUT2D eigenvalue weighted by atomic mass is 9.96. The van der Waals surface area contributed by atoms with E-state index in [1.165, 1.54) is 0 Å². The zero-order chi connectivity index (χ0) is 14.1. The number of fused-ring (bicyclic) bond motifs is 1. The number of β-lactam (4-membered cyclic amide) rings is 1. The van der Waals surface area contributed by atoms with Gasteiger partial charge in [-0.3, -0.25) is 4.79 Å². The molecule has 18 heavy (non-hydrogen) atoms. The van der Waals surface area contributed by atoms with Crippen molar-refractivity contribution in [3.05, 3.63) is 0 Å². The molecule has 0 radical (unpaired) electrons. The van der Waals surface area contributed by atoms with Crippen molar-refractivity contribution in [3.8, 4) is 0 Å². The first kappa shape index (κ1) is 13.6. The molecule has 10 heteroatoms. The van der Waals surface area contributed by atoms with E-state index in [-0.39, 0.29) is 0 Å². The van der Waals surface area contributed by atoms with Crippen LogP contribution in [0, 0.1) is 0 Å². The minimum atomic E-state index is -4.30. The summed E-state index contributed by atoms with van der Waals surface area (Å²) in [6, 6.07) is -1.11. The molecule has 5 N–H and O–H groups in total. The van der Waals surface area contributed by atoms with E-state index in [1.54, 1.807) is 13.8 Å². The Balaban J connectivity index is 2.48. The van der Waals surface area contributed by atoms with Gasteiger partial charge in [0.25, 0.3) is 5.91 Å². The summed E-state index contributed by atoms with van der Waals surface area (Å²) in [5.41, 5.74) is 5.57. The summed E-state index contributed by atoms with van der Waals surface area (Å²) in [5, 5.41) is 13.1. The van der Waals surface area contributed by atoms with Crippen LogP contribution in [-0.2, 0) is 19.6 Å². The van der Waals surface area contributed by atoms with Crippen molar-refractivity contribution in [2.45, 2.75) is 34.9 Å². The number of carbonyl (C=O) groups is 2. The maximum Gasteiger partial charge on any atom is 0.327 e. The summed E-state index contributed by atoms with van der Waals surface area (Å²) in [6.07, 6.45) is 0. The second kappa shape index (κ2) is 3.38. The minimum absolute atomic E-state index is 0.835. The predicted molar refractivity (Wildman–Crippen MR) is 63.8 cm³/mol. The van der Waals surface area contributed by atoms with Crippen molar-refractivity contribution in [2.24, 2.45) is 10.9 Å². The zero-order valence-corrected chi connectivity index (χ0v) is 11.3. The van der Waals surface area contributed by atoms with E-state index in [0.29, 0.717) is 0 Å². The lowest BCUT2D eigenvalue weighted by Gasteiger charge is -2.48. The summed E-state index contributed by atoms with van der Waals surface area (Å²) in [4.78, 5) is 21.8. The van der Waals surface area contributed by atoms with Crippen LogP contribution in [0.2, 0.25) is 0 Å².